The predicted octanol–water partition coefficient (Wildman–Crippen LogP) is 3.03. The molecule has 2 aromatic rings. The summed E-state index contributed by atoms with van der Waals surface area (Å²) in [5.74, 6) is -1.41. The van der Waals surface area contributed by atoms with Gasteiger partial charge in [-0.2, -0.15) is 4.39 Å². The number of carbonyl (C=O) groups excluding carboxylic acids is 1. The van der Waals surface area contributed by atoms with E-state index in [0.717, 1.165) is 18.2 Å². The summed E-state index contributed by atoms with van der Waals surface area (Å²) < 4.78 is 13.2. The summed E-state index contributed by atoms with van der Waals surface area (Å²) in [4.78, 5) is 25.4. The third-order valence-corrected chi connectivity index (χ3v) is 2.60. The number of hydrogen-bond donors (Lipinski definition) is 1. The highest BCUT2D eigenvalue weighted by Crippen LogP contribution is 2.19. The minimum atomic E-state index is -1.00. The molecular weight excluding hydrogens is 289 g/mol. The molecule has 6 nitrogen and oxygen atoms in total. The average Bonchev–Trinajstić information content (AvgIpc) is 2.41. The van der Waals surface area contributed by atoms with Crippen LogP contribution in [-0.4, -0.2) is 15.8 Å². The van der Waals surface area contributed by atoms with Crippen LogP contribution in [0, 0.1) is 15.9 Å². The molecule has 0 saturated heterocycles. The van der Waals surface area contributed by atoms with Crippen molar-refractivity contribution >= 4 is 29.0 Å². The predicted molar refractivity (Wildman–Crippen MR) is 70.3 cm³/mol. The number of anilines is 1. The number of rotatable bonds is 3. The first-order valence-electron chi connectivity index (χ1n) is 5.34. The summed E-state index contributed by atoms with van der Waals surface area (Å²) in [5.41, 5.74) is -0.809. The molecular formula is C12H7ClFN3O3. The number of nitro groups is 1. The van der Waals surface area contributed by atoms with Crippen LogP contribution >= 0.6 is 11.6 Å². The van der Waals surface area contributed by atoms with E-state index in [0.29, 0.717) is 5.02 Å². The molecule has 1 N–H and O–H groups in total. The lowest BCUT2D eigenvalue weighted by Crippen LogP contribution is -2.13. The zero-order valence-electron chi connectivity index (χ0n) is 9.84. The van der Waals surface area contributed by atoms with E-state index in [2.05, 4.69) is 10.3 Å². The molecule has 102 valence electrons. The highest BCUT2D eigenvalue weighted by molar-refractivity contribution is 6.30. The normalized spacial score (nSPS) is 10.1. The first kappa shape index (κ1) is 13.9. The van der Waals surface area contributed by atoms with Gasteiger partial charge in [0.1, 0.15) is 5.82 Å². The number of pyridine rings is 1. The molecule has 0 spiro atoms. The number of nitrogens with zero attached hydrogens (tertiary/aromatic N) is 2. The lowest BCUT2D eigenvalue weighted by atomic mass is 10.2. The number of aromatic nitrogens is 1. The quantitative estimate of drug-likeness (QED) is 0.696. The van der Waals surface area contributed by atoms with Gasteiger partial charge in [-0.1, -0.05) is 11.6 Å². The van der Waals surface area contributed by atoms with Crippen LogP contribution in [0.3, 0.4) is 0 Å². The number of halogens is 2. The molecule has 0 atom stereocenters. The molecule has 1 aromatic carbocycles. The number of hydrogen-bond acceptors (Lipinski definition) is 4. The van der Waals surface area contributed by atoms with Crippen molar-refractivity contribution < 1.29 is 14.1 Å². The van der Waals surface area contributed by atoms with Crippen molar-refractivity contribution in [1.82, 2.24) is 4.98 Å². The molecule has 8 heteroatoms. The molecule has 1 aromatic heterocycles. The van der Waals surface area contributed by atoms with Crippen molar-refractivity contribution in [2.75, 3.05) is 5.32 Å². The van der Waals surface area contributed by atoms with E-state index >= 15 is 0 Å². The molecule has 0 fully saturated rings. The maximum atomic E-state index is 13.2. The van der Waals surface area contributed by atoms with Gasteiger partial charge in [0, 0.05) is 17.8 Å². The second-order valence-electron chi connectivity index (χ2n) is 3.74. The van der Waals surface area contributed by atoms with Crippen molar-refractivity contribution in [2.45, 2.75) is 0 Å². The Bertz CT molecular complexity index is 676. The smallest absolute Gasteiger partial charge is 0.305 e. The molecule has 1 heterocycles. The van der Waals surface area contributed by atoms with Crippen molar-refractivity contribution in [3.8, 4) is 0 Å². The topological polar surface area (TPSA) is 85.1 Å². The third-order valence-electron chi connectivity index (χ3n) is 2.37. The summed E-state index contributed by atoms with van der Waals surface area (Å²) in [7, 11) is 0. The van der Waals surface area contributed by atoms with Gasteiger partial charge in [0.05, 0.1) is 9.95 Å². The van der Waals surface area contributed by atoms with Crippen LogP contribution in [0.2, 0.25) is 5.02 Å². The van der Waals surface area contributed by atoms with Gasteiger partial charge in [-0.3, -0.25) is 14.9 Å². The molecule has 0 bridgehead atoms. The number of nitrogens with one attached hydrogen (secondary N) is 1. The first-order valence-corrected chi connectivity index (χ1v) is 5.72. The number of nitro benzene ring substituents is 1. The van der Waals surface area contributed by atoms with Crippen LogP contribution in [-0.2, 0) is 0 Å². The van der Waals surface area contributed by atoms with Gasteiger partial charge in [0.2, 0.25) is 5.82 Å². The number of carbonyl (C=O) groups is 1. The van der Waals surface area contributed by atoms with Crippen molar-refractivity contribution in [3.05, 3.63) is 63.0 Å². The highest BCUT2D eigenvalue weighted by Gasteiger charge is 2.17. The Morgan fingerprint density at radius 3 is 2.70 bits per heavy atom. The second-order valence-corrected chi connectivity index (χ2v) is 4.18. The molecule has 0 aliphatic rings. The Kier molecular flexibility index (Phi) is 3.90. The van der Waals surface area contributed by atoms with Gasteiger partial charge in [-0.25, -0.2) is 4.98 Å². The summed E-state index contributed by atoms with van der Waals surface area (Å²) in [6.07, 6.45) is 1.34. The monoisotopic (exact) mass is 295 g/mol. The van der Waals surface area contributed by atoms with Crippen LogP contribution < -0.4 is 5.32 Å². The molecule has 2 rings (SSSR count). The van der Waals surface area contributed by atoms with Crippen LogP contribution in [0.25, 0.3) is 0 Å². The fourth-order valence-corrected chi connectivity index (χ4v) is 1.54. The Morgan fingerprint density at radius 2 is 2.10 bits per heavy atom. The first-order chi connectivity index (χ1) is 9.47. The minimum Gasteiger partial charge on any atom is -0.307 e. The van der Waals surface area contributed by atoms with Gasteiger partial charge in [0.25, 0.3) is 5.91 Å². The molecule has 0 saturated carbocycles. The zero-order chi connectivity index (χ0) is 14.7. The largest absolute Gasteiger partial charge is 0.307 e. The van der Waals surface area contributed by atoms with E-state index in [1.54, 1.807) is 0 Å². The lowest BCUT2D eigenvalue weighted by Gasteiger charge is -2.04. The average molecular weight is 296 g/mol. The van der Waals surface area contributed by atoms with Gasteiger partial charge < -0.3 is 5.32 Å². The number of amides is 1. The SMILES string of the molecule is O=C(Nc1ccc(Cl)cn1)c1ccc(F)c([N+](=O)[O-])c1. The molecule has 1 amide bonds. The molecule has 0 radical (unpaired) electrons. The van der Waals surface area contributed by atoms with E-state index in [1.165, 1.54) is 18.3 Å². The Labute approximate surface area is 117 Å². The fraction of sp³-hybridized carbons (Fsp3) is 0. The van der Waals surface area contributed by atoms with Crippen molar-refractivity contribution in [2.24, 2.45) is 0 Å². The van der Waals surface area contributed by atoms with Crippen molar-refractivity contribution in [3.63, 3.8) is 0 Å². The van der Waals surface area contributed by atoms with Crippen LogP contribution in [0.15, 0.2) is 36.5 Å². The van der Waals surface area contributed by atoms with E-state index in [1.807, 2.05) is 0 Å². The summed E-state index contributed by atoms with van der Waals surface area (Å²) in [6, 6.07) is 5.87. The van der Waals surface area contributed by atoms with E-state index in [-0.39, 0.29) is 11.4 Å². The second kappa shape index (κ2) is 5.62. The highest BCUT2D eigenvalue weighted by atomic mass is 35.5. The van der Waals surface area contributed by atoms with E-state index in [4.69, 9.17) is 11.6 Å². The van der Waals surface area contributed by atoms with E-state index in [9.17, 15) is 19.3 Å². The van der Waals surface area contributed by atoms with Gasteiger partial charge in [-0.15, -0.1) is 0 Å². The minimum absolute atomic E-state index is 0.0464. The molecule has 0 aliphatic carbocycles. The van der Waals surface area contributed by atoms with Gasteiger partial charge >= 0.3 is 5.69 Å². The fourth-order valence-electron chi connectivity index (χ4n) is 1.43. The summed E-state index contributed by atoms with van der Waals surface area (Å²) >= 11 is 5.65. The van der Waals surface area contributed by atoms with Crippen LogP contribution in [0.5, 0.6) is 0 Å². The maximum absolute atomic E-state index is 13.2. The Balaban J connectivity index is 2.23. The molecule has 20 heavy (non-hydrogen) atoms. The third kappa shape index (κ3) is 3.07. The zero-order valence-corrected chi connectivity index (χ0v) is 10.6. The standard InChI is InChI=1S/C12H7ClFN3O3/c13-8-2-4-11(15-6-8)16-12(18)7-1-3-9(14)10(5-7)17(19)20/h1-6H,(H,15,16,18). The van der Waals surface area contributed by atoms with Crippen LogP contribution in [0.1, 0.15) is 10.4 Å². The Morgan fingerprint density at radius 1 is 1.35 bits per heavy atom. The van der Waals surface area contributed by atoms with Gasteiger partial charge in [0.15, 0.2) is 0 Å². The number of benzene rings is 1. The molecule has 0 aliphatic heterocycles. The lowest BCUT2D eigenvalue weighted by molar-refractivity contribution is -0.387. The van der Waals surface area contributed by atoms with E-state index < -0.39 is 22.3 Å². The Hall–Kier alpha value is -2.54. The summed E-state index contributed by atoms with van der Waals surface area (Å²) in [5, 5.41) is 13.4. The molecule has 0 unspecified atom stereocenters. The van der Waals surface area contributed by atoms with Gasteiger partial charge in [-0.05, 0) is 24.3 Å². The maximum Gasteiger partial charge on any atom is 0.305 e. The van der Waals surface area contributed by atoms with Crippen molar-refractivity contribution in [1.29, 1.82) is 0 Å². The summed E-state index contributed by atoms with van der Waals surface area (Å²) in [6.45, 7) is 0. The van der Waals surface area contributed by atoms with Crippen LogP contribution in [0.4, 0.5) is 15.9 Å².